The maximum Gasteiger partial charge on any atom is 0.150 e. The highest BCUT2D eigenvalue weighted by atomic mass is 32.1. The van der Waals surface area contributed by atoms with Crippen LogP contribution in [0.25, 0.3) is 0 Å². The highest BCUT2D eigenvalue weighted by molar-refractivity contribution is 7.07. The minimum atomic E-state index is 0.729. The number of hydrogen-bond acceptors (Lipinski definition) is 3. The number of aldehydes is 1. The first-order valence-corrected chi connectivity index (χ1v) is 4.70. The van der Waals surface area contributed by atoms with E-state index < -0.39 is 0 Å². The smallest absolute Gasteiger partial charge is 0.150 e. The topological polar surface area (TPSA) is 30.0 Å². The number of benzene rings is 1. The van der Waals surface area contributed by atoms with E-state index in [0.29, 0.717) is 0 Å². The lowest BCUT2D eigenvalue weighted by Crippen LogP contribution is -1.73. The number of carbonyl (C=O) groups is 1. The van der Waals surface area contributed by atoms with Gasteiger partial charge in [0.25, 0.3) is 0 Å². The Bertz CT molecular complexity index is 301. The molecule has 13 heavy (non-hydrogen) atoms. The lowest BCUT2D eigenvalue weighted by Gasteiger charge is -1.81. The van der Waals surface area contributed by atoms with Crippen LogP contribution >= 0.6 is 11.3 Å². The summed E-state index contributed by atoms with van der Waals surface area (Å²) in [6.45, 7) is 0. The molecule has 0 aliphatic rings. The van der Waals surface area contributed by atoms with E-state index in [1.807, 2.05) is 23.6 Å². The van der Waals surface area contributed by atoms with Gasteiger partial charge < -0.3 is 0 Å². The molecule has 1 aromatic heterocycles. The van der Waals surface area contributed by atoms with Gasteiger partial charge in [-0.05, 0) is 0 Å². The molecule has 0 unspecified atom stereocenters. The van der Waals surface area contributed by atoms with Gasteiger partial charge in [0, 0.05) is 17.1 Å². The fourth-order valence-corrected chi connectivity index (χ4v) is 1.06. The monoisotopic (exact) mass is 191 g/mol. The van der Waals surface area contributed by atoms with E-state index in [9.17, 15) is 4.79 Å². The Balaban J connectivity index is 0.000000145. The van der Waals surface area contributed by atoms with Crippen LogP contribution in [0, 0.1) is 0 Å². The highest BCUT2D eigenvalue weighted by Gasteiger charge is 1.79. The van der Waals surface area contributed by atoms with Crippen molar-refractivity contribution in [3.63, 3.8) is 0 Å². The molecule has 2 nitrogen and oxygen atoms in total. The average molecular weight is 191 g/mol. The molecule has 66 valence electrons. The number of thiazole rings is 1. The van der Waals surface area contributed by atoms with E-state index in [1.165, 1.54) is 0 Å². The average Bonchev–Trinajstić information content (AvgIpc) is 2.77. The maximum atomic E-state index is 10.0. The van der Waals surface area contributed by atoms with E-state index in [4.69, 9.17) is 0 Å². The summed E-state index contributed by atoms with van der Waals surface area (Å²) in [6, 6.07) is 9.10. The molecule has 1 heterocycles. The Morgan fingerprint density at radius 3 is 2.31 bits per heavy atom. The molecule has 2 rings (SSSR count). The summed E-state index contributed by atoms with van der Waals surface area (Å²) in [4.78, 5) is 13.7. The summed E-state index contributed by atoms with van der Waals surface area (Å²) in [7, 11) is 0. The largest absolute Gasteiger partial charge is 0.298 e. The number of carbonyl (C=O) groups excluding carboxylic acids is 1. The molecule has 0 amide bonds. The molecular formula is C10H9NOS. The van der Waals surface area contributed by atoms with Gasteiger partial charge in [-0.25, -0.2) is 0 Å². The summed E-state index contributed by atoms with van der Waals surface area (Å²) in [5.74, 6) is 0. The van der Waals surface area contributed by atoms with Gasteiger partial charge in [0.1, 0.15) is 6.29 Å². The van der Waals surface area contributed by atoms with Crippen molar-refractivity contribution in [3.8, 4) is 0 Å². The van der Waals surface area contributed by atoms with Crippen molar-refractivity contribution in [1.29, 1.82) is 0 Å². The molecule has 2 aromatic rings. The quantitative estimate of drug-likeness (QED) is 0.648. The molecule has 0 atom stereocenters. The fourth-order valence-electron chi connectivity index (χ4n) is 0.707. The summed E-state index contributed by atoms with van der Waals surface area (Å²) in [5, 5.41) is 1.93. The van der Waals surface area contributed by atoms with E-state index >= 15 is 0 Å². The summed E-state index contributed by atoms with van der Waals surface area (Å²) in [6.07, 6.45) is 2.60. The van der Waals surface area contributed by atoms with Crippen LogP contribution in [0.4, 0.5) is 0 Å². The van der Waals surface area contributed by atoms with Crippen LogP contribution in [-0.4, -0.2) is 11.3 Å². The first kappa shape index (κ1) is 9.61. The third kappa shape index (κ3) is 4.18. The van der Waals surface area contributed by atoms with Crippen LogP contribution in [-0.2, 0) is 0 Å². The van der Waals surface area contributed by atoms with Crippen molar-refractivity contribution < 1.29 is 4.79 Å². The first-order chi connectivity index (χ1) is 6.43. The summed E-state index contributed by atoms with van der Waals surface area (Å²) >= 11 is 1.60. The third-order valence-corrected chi connectivity index (χ3v) is 1.81. The van der Waals surface area contributed by atoms with Crippen LogP contribution in [0.3, 0.4) is 0 Å². The second kappa shape index (κ2) is 6.08. The lowest BCUT2D eigenvalue weighted by molar-refractivity contribution is 0.112. The Labute approximate surface area is 80.9 Å². The number of nitrogens with zero attached hydrogens (tertiary/aromatic N) is 1. The van der Waals surface area contributed by atoms with Crippen LogP contribution in [0.5, 0.6) is 0 Å². The van der Waals surface area contributed by atoms with Crippen LogP contribution in [0.2, 0.25) is 0 Å². The number of hydrogen-bond donors (Lipinski definition) is 0. The second-order valence-electron chi connectivity index (χ2n) is 2.20. The van der Waals surface area contributed by atoms with Crippen molar-refractivity contribution in [2.75, 3.05) is 0 Å². The van der Waals surface area contributed by atoms with Gasteiger partial charge in [0.05, 0.1) is 5.51 Å². The van der Waals surface area contributed by atoms with Crippen molar-refractivity contribution in [2.45, 2.75) is 0 Å². The molecule has 0 N–H and O–H groups in total. The predicted octanol–water partition coefficient (Wildman–Crippen LogP) is 2.64. The molecule has 0 aliphatic heterocycles. The molecule has 0 bridgehead atoms. The van der Waals surface area contributed by atoms with Crippen molar-refractivity contribution >= 4 is 17.6 Å². The molecule has 3 heteroatoms. The van der Waals surface area contributed by atoms with Gasteiger partial charge in [0.2, 0.25) is 0 Å². The van der Waals surface area contributed by atoms with E-state index in [0.717, 1.165) is 11.8 Å². The molecule has 1 aromatic carbocycles. The van der Waals surface area contributed by atoms with Gasteiger partial charge in [-0.15, -0.1) is 11.3 Å². The molecule has 0 fully saturated rings. The molecule has 0 spiro atoms. The van der Waals surface area contributed by atoms with Gasteiger partial charge in [0.15, 0.2) is 0 Å². The van der Waals surface area contributed by atoms with Crippen molar-refractivity contribution in [3.05, 3.63) is 53.0 Å². The molecular weight excluding hydrogens is 182 g/mol. The third-order valence-electron chi connectivity index (χ3n) is 1.28. The normalized spacial score (nSPS) is 8.31. The van der Waals surface area contributed by atoms with E-state index in [2.05, 4.69) is 4.98 Å². The zero-order chi connectivity index (χ0) is 9.36. The minimum Gasteiger partial charge on any atom is -0.298 e. The van der Waals surface area contributed by atoms with E-state index in [1.54, 1.807) is 35.2 Å². The Kier molecular flexibility index (Phi) is 4.49. The molecule has 0 saturated carbocycles. The minimum absolute atomic E-state index is 0.729. The first-order valence-electron chi connectivity index (χ1n) is 3.76. The highest BCUT2D eigenvalue weighted by Crippen LogP contribution is 1.91. The van der Waals surface area contributed by atoms with Gasteiger partial charge in [-0.2, -0.15) is 0 Å². The maximum absolute atomic E-state index is 10.0. The van der Waals surface area contributed by atoms with E-state index in [-0.39, 0.29) is 0 Å². The number of rotatable bonds is 1. The van der Waals surface area contributed by atoms with Crippen LogP contribution in [0.1, 0.15) is 10.4 Å². The predicted molar refractivity (Wildman–Crippen MR) is 53.9 cm³/mol. The molecule has 0 radical (unpaired) electrons. The van der Waals surface area contributed by atoms with Gasteiger partial charge >= 0.3 is 0 Å². The fraction of sp³-hybridized carbons (Fsp3) is 0. The zero-order valence-electron chi connectivity index (χ0n) is 6.96. The molecule has 0 aliphatic carbocycles. The van der Waals surface area contributed by atoms with Crippen molar-refractivity contribution in [1.82, 2.24) is 4.98 Å². The Morgan fingerprint density at radius 2 is 2.00 bits per heavy atom. The lowest BCUT2D eigenvalue weighted by atomic mass is 10.2. The number of aromatic nitrogens is 1. The van der Waals surface area contributed by atoms with Gasteiger partial charge in [-0.3, -0.25) is 9.78 Å². The SMILES string of the molecule is O=Cc1ccccc1.c1cscn1. The molecule has 0 saturated heterocycles. The van der Waals surface area contributed by atoms with Gasteiger partial charge in [-0.1, -0.05) is 30.3 Å². The zero-order valence-corrected chi connectivity index (χ0v) is 7.78. The van der Waals surface area contributed by atoms with Crippen LogP contribution < -0.4 is 0 Å². The Hall–Kier alpha value is -1.48. The second-order valence-corrected chi connectivity index (χ2v) is 2.96. The summed E-state index contributed by atoms with van der Waals surface area (Å²) < 4.78 is 0. The summed E-state index contributed by atoms with van der Waals surface area (Å²) in [5.41, 5.74) is 2.52. The Morgan fingerprint density at radius 1 is 1.23 bits per heavy atom. The van der Waals surface area contributed by atoms with Crippen LogP contribution in [0.15, 0.2) is 47.4 Å². The van der Waals surface area contributed by atoms with Crippen molar-refractivity contribution in [2.24, 2.45) is 0 Å². The standard InChI is InChI=1S/C7H6O.C3H3NS/c8-6-7-4-2-1-3-5-7;1-2-5-3-4-1/h1-6H;1-3H.